The van der Waals surface area contributed by atoms with Crippen molar-refractivity contribution < 1.29 is 14.3 Å². The molecule has 2 fully saturated rings. The highest BCUT2D eigenvalue weighted by atomic mass is 32.2. The summed E-state index contributed by atoms with van der Waals surface area (Å²) in [7, 11) is 0. The first-order chi connectivity index (χ1) is 12.1. The maximum Gasteiger partial charge on any atom is 0.313 e. The van der Waals surface area contributed by atoms with Gasteiger partial charge in [-0.1, -0.05) is 36.8 Å². The second kappa shape index (κ2) is 8.10. The molecule has 3 rings (SSSR count). The largest absolute Gasteiger partial charge is 0.458 e. The molecule has 0 N–H and O–H groups in total. The number of carbonyl (C=O) groups excluding carboxylic acids is 2. The minimum absolute atomic E-state index is 0.0174. The Kier molecular flexibility index (Phi) is 5.86. The molecule has 132 valence electrons. The maximum absolute atomic E-state index is 12.0. The Labute approximate surface area is 153 Å². The van der Waals surface area contributed by atoms with Crippen LogP contribution in [-0.2, 0) is 14.3 Å². The van der Waals surface area contributed by atoms with Gasteiger partial charge in [-0.2, -0.15) is 0 Å². The molecule has 1 aromatic rings. The van der Waals surface area contributed by atoms with Gasteiger partial charge in [-0.05, 0) is 43.6 Å². The minimum Gasteiger partial charge on any atom is -0.458 e. The third-order valence-electron chi connectivity index (χ3n) is 5.26. The lowest BCUT2D eigenvalue weighted by atomic mass is 9.76. The quantitative estimate of drug-likeness (QED) is 0.348. The summed E-state index contributed by atoms with van der Waals surface area (Å²) in [6.07, 6.45) is 8.04. The third kappa shape index (κ3) is 4.27. The number of esters is 1. The van der Waals surface area contributed by atoms with Crippen LogP contribution in [0.4, 0.5) is 0 Å². The zero-order valence-corrected chi connectivity index (χ0v) is 15.5. The monoisotopic (exact) mass is 356 g/mol. The highest BCUT2D eigenvalue weighted by molar-refractivity contribution is 7.98. The second-order valence-corrected chi connectivity index (χ2v) is 7.76. The van der Waals surface area contributed by atoms with Crippen LogP contribution in [0.1, 0.15) is 56.9 Å². The van der Waals surface area contributed by atoms with Crippen molar-refractivity contribution in [2.24, 2.45) is 5.92 Å². The average molecular weight is 356 g/mol. The summed E-state index contributed by atoms with van der Waals surface area (Å²) in [5.41, 5.74) is 0.415. The number of thioether (sulfide) groups is 1. The molecule has 0 amide bonds. The highest BCUT2D eigenvalue weighted by Gasteiger charge is 2.47. The van der Waals surface area contributed by atoms with E-state index >= 15 is 0 Å². The van der Waals surface area contributed by atoms with Gasteiger partial charge in [0.25, 0.3) is 0 Å². The van der Waals surface area contributed by atoms with E-state index in [9.17, 15) is 9.59 Å². The van der Waals surface area contributed by atoms with Crippen LogP contribution < -0.4 is 0 Å². The molecule has 1 saturated heterocycles. The minimum atomic E-state index is -0.614. The molecule has 2 aliphatic rings. The number of ether oxygens (including phenoxy) is 1. The predicted molar refractivity (Wildman–Crippen MR) is 99.4 cm³/mol. The van der Waals surface area contributed by atoms with E-state index in [1.807, 2.05) is 24.5 Å². The lowest BCUT2D eigenvalue weighted by Gasteiger charge is -2.40. The van der Waals surface area contributed by atoms with E-state index in [1.165, 1.54) is 4.90 Å². The van der Waals surface area contributed by atoms with Crippen molar-refractivity contribution in [3.8, 4) is 11.8 Å². The Bertz CT molecular complexity index is 691. The Hall–Kier alpha value is -1.73. The van der Waals surface area contributed by atoms with Crippen LogP contribution in [0.5, 0.6) is 0 Å². The standard InChI is InChI=1S/C21H24O3S/c1-25-19-12-5-2-8-16(19)9-6-7-13-21(17-10-3-4-11-17)15-18(22)14-20(23)24-21/h2,5,8,12,17H,3-4,7,10-11,13-15H2,1H3. The number of ketones is 1. The van der Waals surface area contributed by atoms with Crippen molar-refractivity contribution in [3.05, 3.63) is 29.8 Å². The summed E-state index contributed by atoms with van der Waals surface area (Å²) in [6, 6.07) is 8.09. The number of carbonyl (C=O) groups is 2. The van der Waals surface area contributed by atoms with E-state index in [2.05, 4.69) is 17.9 Å². The predicted octanol–water partition coefficient (Wildman–Crippen LogP) is 4.38. The van der Waals surface area contributed by atoms with Gasteiger partial charge < -0.3 is 4.74 Å². The molecule has 0 bridgehead atoms. The summed E-state index contributed by atoms with van der Waals surface area (Å²) in [5, 5.41) is 0. The Morgan fingerprint density at radius 2 is 2.00 bits per heavy atom. The van der Waals surface area contributed by atoms with Crippen LogP contribution in [0.3, 0.4) is 0 Å². The average Bonchev–Trinajstić information content (AvgIpc) is 3.13. The van der Waals surface area contributed by atoms with E-state index < -0.39 is 5.60 Å². The van der Waals surface area contributed by atoms with E-state index in [0.29, 0.717) is 25.2 Å². The van der Waals surface area contributed by atoms with E-state index in [4.69, 9.17) is 4.74 Å². The van der Waals surface area contributed by atoms with Gasteiger partial charge in [-0.15, -0.1) is 11.8 Å². The maximum atomic E-state index is 12.0. The summed E-state index contributed by atoms with van der Waals surface area (Å²) < 4.78 is 5.79. The second-order valence-electron chi connectivity index (χ2n) is 6.91. The SMILES string of the molecule is CSc1ccccc1C#CCCC1(C2CCCC2)CC(=O)CC(=O)O1. The van der Waals surface area contributed by atoms with Crippen LogP contribution >= 0.6 is 11.8 Å². The summed E-state index contributed by atoms with van der Waals surface area (Å²) >= 11 is 1.69. The van der Waals surface area contributed by atoms with Crippen LogP contribution in [0.25, 0.3) is 0 Å². The Morgan fingerprint density at radius 1 is 1.24 bits per heavy atom. The van der Waals surface area contributed by atoms with E-state index in [-0.39, 0.29) is 18.2 Å². The summed E-state index contributed by atoms with van der Waals surface area (Å²) in [4.78, 5) is 25.1. The molecule has 0 radical (unpaired) electrons. The molecule has 4 heteroatoms. The fourth-order valence-corrected chi connectivity index (χ4v) is 4.61. The first-order valence-electron chi connectivity index (χ1n) is 8.98. The van der Waals surface area contributed by atoms with Crippen molar-refractivity contribution in [1.82, 2.24) is 0 Å². The molecule has 1 saturated carbocycles. The number of hydrogen-bond acceptors (Lipinski definition) is 4. The van der Waals surface area contributed by atoms with Crippen molar-refractivity contribution >= 4 is 23.5 Å². The zero-order valence-electron chi connectivity index (χ0n) is 14.7. The van der Waals surface area contributed by atoms with Crippen LogP contribution in [0.2, 0.25) is 0 Å². The number of hydrogen-bond donors (Lipinski definition) is 0. The third-order valence-corrected chi connectivity index (χ3v) is 6.05. The van der Waals surface area contributed by atoms with Gasteiger partial charge >= 0.3 is 5.97 Å². The van der Waals surface area contributed by atoms with Gasteiger partial charge in [0.1, 0.15) is 17.8 Å². The number of benzene rings is 1. The van der Waals surface area contributed by atoms with Gasteiger partial charge in [0.15, 0.2) is 0 Å². The zero-order chi connectivity index (χ0) is 17.7. The van der Waals surface area contributed by atoms with Crippen molar-refractivity contribution in [2.75, 3.05) is 6.26 Å². The summed E-state index contributed by atoms with van der Waals surface area (Å²) in [6.45, 7) is 0. The number of rotatable bonds is 4. The van der Waals surface area contributed by atoms with Crippen molar-refractivity contribution in [3.63, 3.8) is 0 Å². The molecular weight excluding hydrogens is 332 g/mol. The molecule has 1 atom stereocenters. The molecule has 1 unspecified atom stereocenters. The smallest absolute Gasteiger partial charge is 0.313 e. The Morgan fingerprint density at radius 3 is 2.72 bits per heavy atom. The number of cyclic esters (lactones) is 1. The topological polar surface area (TPSA) is 43.4 Å². The molecule has 0 spiro atoms. The van der Waals surface area contributed by atoms with Gasteiger partial charge in [-0.3, -0.25) is 9.59 Å². The normalized spacial score (nSPS) is 23.9. The first kappa shape index (κ1) is 18.1. The van der Waals surface area contributed by atoms with Gasteiger partial charge in [0.2, 0.25) is 0 Å². The van der Waals surface area contributed by atoms with Crippen molar-refractivity contribution in [1.29, 1.82) is 0 Å². The molecule has 1 aliphatic carbocycles. The molecule has 1 aromatic carbocycles. The first-order valence-corrected chi connectivity index (χ1v) is 10.2. The molecule has 0 aromatic heterocycles. The number of Topliss-reactive ketones (excluding diaryl/α,β-unsaturated/α-hetero) is 1. The fourth-order valence-electron chi connectivity index (χ4n) is 4.06. The molecule has 1 heterocycles. The lowest BCUT2D eigenvalue weighted by molar-refractivity contribution is -0.178. The summed E-state index contributed by atoms with van der Waals surface area (Å²) in [5.74, 6) is 6.44. The van der Waals surface area contributed by atoms with Gasteiger partial charge in [0, 0.05) is 23.3 Å². The van der Waals surface area contributed by atoms with E-state index in [0.717, 1.165) is 31.2 Å². The van der Waals surface area contributed by atoms with Gasteiger partial charge in [0.05, 0.1) is 0 Å². The van der Waals surface area contributed by atoms with Crippen LogP contribution in [-0.4, -0.2) is 23.6 Å². The van der Waals surface area contributed by atoms with E-state index in [1.54, 1.807) is 11.8 Å². The molecule has 25 heavy (non-hydrogen) atoms. The van der Waals surface area contributed by atoms with Gasteiger partial charge in [-0.25, -0.2) is 0 Å². The molecular formula is C21H24O3S. The Balaban J connectivity index is 1.72. The lowest BCUT2D eigenvalue weighted by Crippen LogP contribution is -2.47. The van der Waals surface area contributed by atoms with Crippen LogP contribution in [0.15, 0.2) is 29.2 Å². The fraction of sp³-hybridized carbons (Fsp3) is 0.524. The molecule has 3 nitrogen and oxygen atoms in total. The van der Waals surface area contributed by atoms with Crippen molar-refractivity contribution in [2.45, 2.75) is 61.9 Å². The highest BCUT2D eigenvalue weighted by Crippen LogP contribution is 2.43. The van der Waals surface area contributed by atoms with Crippen LogP contribution in [0, 0.1) is 17.8 Å². The molecule has 1 aliphatic heterocycles.